The van der Waals surface area contributed by atoms with Gasteiger partial charge in [-0.25, -0.2) is 8.78 Å². The average molecular weight is 480 g/mol. The third-order valence-corrected chi connectivity index (χ3v) is 7.11. The molecule has 0 saturated heterocycles. The Bertz CT molecular complexity index is 1460. The van der Waals surface area contributed by atoms with E-state index in [4.69, 9.17) is 9.47 Å². The van der Waals surface area contributed by atoms with Gasteiger partial charge in [0, 0.05) is 16.8 Å². The summed E-state index contributed by atoms with van der Waals surface area (Å²) in [5.74, 6) is -1.09. The minimum atomic E-state index is -0.477. The highest BCUT2D eigenvalue weighted by molar-refractivity contribution is 6.01. The Balaban J connectivity index is 1.79. The van der Waals surface area contributed by atoms with Crippen LogP contribution in [0.3, 0.4) is 0 Å². The van der Waals surface area contributed by atoms with Crippen molar-refractivity contribution in [2.75, 3.05) is 14.2 Å². The van der Waals surface area contributed by atoms with E-state index in [0.29, 0.717) is 53.2 Å². The number of nitrogens with zero attached hydrogens (tertiary/aromatic N) is 2. The van der Waals surface area contributed by atoms with E-state index in [2.05, 4.69) is 16.8 Å². The maximum atomic E-state index is 16.1. The van der Waals surface area contributed by atoms with Gasteiger partial charge in [0.25, 0.3) is 0 Å². The molecule has 4 aromatic rings. The minimum absolute atomic E-state index is 0.0172. The number of fused-ring (bicyclic) bond motifs is 2. The molecule has 35 heavy (non-hydrogen) atoms. The normalized spacial score (nSPS) is 18.2. The third kappa shape index (κ3) is 3.68. The van der Waals surface area contributed by atoms with E-state index < -0.39 is 5.82 Å². The van der Waals surface area contributed by atoms with Gasteiger partial charge in [0.2, 0.25) is 0 Å². The Labute approximate surface area is 201 Å². The fraction of sp³-hybridized carbons (Fsp3) is 0.333. The molecule has 5 rings (SSSR count). The highest BCUT2D eigenvalue weighted by atomic mass is 19.1. The topological polar surface area (TPSA) is 69.1 Å². The molecule has 0 radical (unpaired) electrons. The van der Waals surface area contributed by atoms with Gasteiger partial charge in [-0.1, -0.05) is 6.58 Å². The van der Waals surface area contributed by atoms with Gasteiger partial charge < -0.3 is 14.0 Å². The summed E-state index contributed by atoms with van der Waals surface area (Å²) < 4.78 is 42.4. The second kappa shape index (κ2) is 8.83. The smallest absolute Gasteiger partial charge is 0.308 e. The summed E-state index contributed by atoms with van der Waals surface area (Å²) >= 11 is 0. The van der Waals surface area contributed by atoms with E-state index in [0.717, 1.165) is 16.8 Å². The Hall–Kier alpha value is -3.68. The van der Waals surface area contributed by atoms with Crippen molar-refractivity contribution in [3.8, 4) is 11.4 Å². The third-order valence-electron chi connectivity index (χ3n) is 7.11. The van der Waals surface area contributed by atoms with Crippen molar-refractivity contribution in [3.63, 3.8) is 0 Å². The van der Waals surface area contributed by atoms with Crippen LogP contribution in [0, 0.1) is 17.6 Å². The lowest BCUT2D eigenvalue weighted by Gasteiger charge is -2.28. The van der Waals surface area contributed by atoms with Gasteiger partial charge in [-0.2, -0.15) is 5.10 Å². The van der Waals surface area contributed by atoms with Crippen LogP contribution in [-0.2, 0) is 9.53 Å². The Morgan fingerprint density at radius 2 is 1.91 bits per heavy atom. The summed E-state index contributed by atoms with van der Waals surface area (Å²) in [6.45, 7) is 6.11. The first-order chi connectivity index (χ1) is 16.8. The van der Waals surface area contributed by atoms with Gasteiger partial charge in [-0.15, -0.1) is 0 Å². The number of aromatic amines is 1. The predicted molar refractivity (Wildman–Crippen MR) is 131 cm³/mol. The number of aromatic nitrogens is 3. The van der Waals surface area contributed by atoms with Crippen LogP contribution in [-0.4, -0.2) is 35.0 Å². The number of H-pyrrole nitrogens is 1. The average Bonchev–Trinajstić information content (AvgIpc) is 3.47. The van der Waals surface area contributed by atoms with Gasteiger partial charge in [0.1, 0.15) is 5.52 Å². The number of esters is 1. The molecule has 1 N–H and O–H groups in total. The van der Waals surface area contributed by atoms with Crippen LogP contribution in [0.4, 0.5) is 8.78 Å². The number of benzene rings is 2. The molecule has 1 aliphatic rings. The second-order valence-electron chi connectivity index (χ2n) is 9.19. The van der Waals surface area contributed by atoms with Gasteiger partial charge in [0.15, 0.2) is 17.4 Å². The monoisotopic (exact) mass is 479 g/mol. The zero-order valence-corrected chi connectivity index (χ0v) is 20.0. The number of carbonyl (C=O) groups excluding carboxylic acids is 1. The summed E-state index contributed by atoms with van der Waals surface area (Å²) in [5.41, 5.74) is 4.03. The Morgan fingerprint density at radius 1 is 1.17 bits per heavy atom. The number of carbonyl (C=O) groups is 1. The van der Waals surface area contributed by atoms with Gasteiger partial charge in [0.05, 0.1) is 43.2 Å². The molecule has 182 valence electrons. The van der Waals surface area contributed by atoms with E-state index in [-0.39, 0.29) is 29.4 Å². The van der Waals surface area contributed by atoms with E-state index in [1.54, 1.807) is 18.3 Å². The maximum Gasteiger partial charge on any atom is 0.308 e. The van der Waals surface area contributed by atoms with Crippen LogP contribution < -0.4 is 4.74 Å². The molecule has 1 fully saturated rings. The fourth-order valence-corrected chi connectivity index (χ4v) is 5.49. The van der Waals surface area contributed by atoms with Gasteiger partial charge in [-0.05, 0) is 67.9 Å². The van der Waals surface area contributed by atoms with E-state index in [9.17, 15) is 9.18 Å². The minimum Gasteiger partial charge on any atom is -0.494 e. The number of hydrogen-bond acceptors (Lipinski definition) is 4. The largest absolute Gasteiger partial charge is 0.494 e. The van der Waals surface area contributed by atoms with E-state index >= 15 is 4.39 Å². The van der Waals surface area contributed by atoms with Crippen molar-refractivity contribution in [2.45, 2.75) is 38.5 Å². The first kappa shape index (κ1) is 23.1. The molecule has 2 heterocycles. The van der Waals surface area contributed by atoms with Crippen LogP contribution in [0.5, 0.6) is 5.75 Å². The number of ether oxygens (including phenoxy) is 2. The molecule has 0 atom stereocenters. The lowest BCUT2D eigenvalue weighted by molar-refractivity contribution is -0.146. The lowest BCUT2D eigenvalue weighted by Crippen LogP contribution is -2.22. The summed E-state index contributed by atoms with van der Waals surface area (Å²) in [6.07, 6.45) is 4.34. The first-order valence-corrected chi connectivity index (χ1v) is 11.6. The molecular weight excluding hydrogens is 452 g/mol. The molecule has 8 heteroatoms. The number of rotatable bonds is 5. The van der Waals surface area contributed by atoms with Crippen molar-refractivity contribution in [2.24, 2.45) is 5.92 Å². The first-order valence-electron chi connectivity index (χ1n) is 11.6. The fourth-order valence-electron chi connectivity index (χ4n) is 5.49. The number of hydrogen-bond donors (Lipinski definition) is 1. The summed E-state index contributed by atoms with van der Waals surface area (Å²) in [5, 5.41) is 7.93. The molecule has 0 spiro atoms. The highest BCUT2D eigenvalue weighted by Crippen LogP contribution is 2.46. The molecule has 6 nitrogen and oxygen atoms in total. The van der Waals surface area contributed by atoms with Crippen molar-refractivity contribution < 1.29 is 23.0 Å². The van der Waals surface area contributed by atoms with E-state index in [1.165, 1.54) is 20.3 Å². The van der Waals surface area contributed by atoms with Crippen molar-refractivity contribution in [1.29, 1.82) is 0 Å². The van der Waals surface area contributed by atoms with Crippen LogP contribution in [0.25, 0.3) is 33.1 Å². The zero-order valence-electron chi connectivity index (χ0n) is 20.0. The molecule has 0 unspecified atom stereocenters. The SMILES string of the molecule is C=C(C)c1c([C@H]2CC[C@H](C(=O)OC)CC2)c2c(F)c3[nH]ncc3cc2n1-c1ccc(F)c(OC)c1. The maximum absolute atomic E-state index is 16.1. The summed E-state index contributed by atoms with van der Waals surface area (Å²) in [7, 11) is 2.82. The van der Waals surface area contributed by atoms with Crippen LogP contribution in [0.15, 0.2) is 37.0 Å². The van der Waals surface area contributed by atoms with Crippen molar-refractivity contribution in [1.82, 2.24) is 14.8 Å². The molecule has 0 bridgehead atoms. The number of halogens is 2. The number of nitrogens with one attached hydrogen (secondary N) is 1. The molecule has 1 aliphatic carbocycles. The number of methoxy groups -OCH3 is 2. The molecule has 1 saturated carbocycles. The summed E-state index contributed by atoms with van der Waals surface area (Å²) in [4.78, 5) is 12.1. The van der Waals surface area contributed by atoms with Gasteiger partial charge >= 0.3 is 5.97 Å². The Kier molecular flexibility index (Phi) is 5.83. The molecule has 0 aliphatic heterocycles. The van der Waals surface area contributed by atoms with Crippen molar-refractivity contribution in [3.05, 3.63) is 59.9 Å². The molecular formula is C27H27F2N3O3. The van der Waals surface area contributed by atoms with Crippen LogP contribution in [0.1, 0.15) is 49.8 Å². The second-order valence-corrected chi connectivity index (χ2v) is 9.19. The van der Waals surface area contributed by atoms with Crippen molar-refractivity contribution >= 4 is 33.3 Å². The Morgan fingerprint density at radius 3 is 2.57 bits per heavy atom. The van der Waals surface area contributed by atoms with Gasteiger partial charge in [-0.3, -0.25) is 9.89 Å². The quantitative estimate of drug-likeness (QED) is 0.343. The number of allylic oxidation sites excluding steroid dienone is 1. The summed E-state index contributed by atoms with van der Waals surface area (Å²) in [6, 6.07) is 6.50. The molecule has 2 aromatic heterocycles. The van der Waals surface area contributed by atoms with Crippen LogP contribution >= 0.6 is 0 Å². The zero-order chi connectivity index (χ0) is 24.9. The predicted octanol–water partition coefficient (Wildman–Crippen LogP) is 6.27. The standard InChI is InChI=1S/C27H27F2N3O3/c1-14(2)26-22(15-5-7-16(8-6-15)27(33)35-4)23-20(11-17-13-30-31-25(17)24(23)29)32(26)18-9-10-19(28)21(12-18)34-3/h9-13,15-16H,1,5-8H2,2-4H3,(H,30,31)/t15-,16-. The highest BCUT2D eigenvalue weighted by Gasteiger charge is 2.33. The van der Waals surface area contributed by atoms with Crippen LogP contribution in [0.2, 0.25) is 0 Å². The lowest BCUT2D eigenvalue weighted by atomic mass is 9.77. The molecule has 2 aromatic carbocycles. The molecule has 0 amide bonds. The van der Waals surface area contributed by atoms with E-state index in [1.807, 2.05) is 17.6 Å².